The third-order valence-corrected chi connectivity index (χ3v) is 2.09. The Kier molecular flexibility index (Phi) is 5.30. The molecular formula is C10H22N2S. The van der Waals surface area contributed by atoms with Crippen molar-refractivity contribution in [2.45, 2.75) is 59.7 Å². The van der Waals surface area contributed by atoms with Gasteiger partial charge in [0.2, 0.25) is 0 Å². The Morgan fingerprint density at radius 2 is 1.38 bits per heavy atom. The summed E-state index contributed by atoms with van der Waals surface area (Å²) >= 11 is 5.32. The summed E-state index contributed by atoms with van der Waals surface area (Å²) in [6.45, 7) is 12.8. The molecule has 0 spiro atoms. The van der Waals surface area contributed by atoms with Crippen molar-refractivity contribution in [3.63, 3.8) is 0 Å². The Morgan fingerprint density at radius 1 is 1.00 bits per heavy atom. The molecule has 0 saturated heterocycles. The molecule has 0 bridgehead atoms. The minimum atomic E-state index is 0.410. The molecule has 3 heteroatoms. The second-order valence-electron chi connectivity index (χ2n) is 4.20. The Bertz CT molecular complexity index is 156. The zero-order valence-electron chi connectivity index (χ0n) is 9.59. The fourth-order valence-corrected chi connectivity index (χ4v) is 2.04. The highest BCUT2D eigenvalue weighted by Gasteiger charge is 2.16. The van der Waals surface area contributed by atoms with E-state index >= 15 is 0 Å². The molecule has 1 N–H and O–H groups in total. The van der Waals surface area contributed by atoms with Gasteiger partial charge in [-0.15, -0.1) is 0 Å². The van der Waals surface area contributed by atoms with Gasteiger partial charge in [0.25, 0.3) is 0 Å². The smallest absolute Gasteiger partial charge is 0.169 e. The molecule has 0 aromatic heterocycles. The molecule has 0 aliphatic carbocycles. The van der Waals surface area contributed by atoms with Crippen LogP contribution in [0.2, 0.25) is 0 Å². The number of thiocarbonyl (C=S) groups is 1. The maximum absolute atomic E-state index is 5.32. The summed E-state index contributed by atoms with van der Waals surface area (Å²) in [4.78, 5) is 2.22. The van der Waals surface area contributed by atoms with E-state index in [9.17, 15) is 0 Å². The predicted molar refractivity (Wildman–Crippen MR) is 63.0 cm³/mol. The highest BCUT2D eigenvalue weighted by atomic mass is 32.1. The Labute approximate surface area is 87.7 Å². The zero-order chi connectivity index (χ0) is 10.6. The minimum Gasteiger partial charge on any atom is -0.360 e. The highest BCUT2D eigenvalue weighted by Crippen LogP contribution is 2.05. The fourth-order valence-electron chi connectivity index (χ4n) is 1.39. The first kappa shape index (κ1) is 12.7. The molecule has 78 valence electrons. The quantitative estimate of drug-likeness (QED) is 0.707. The van der Waals surface area contributed by atoms with Gasteiger partial charge < -0.3 is 10.2 Å². The molecule has 13 heavy (non-hydrogen) atoms. The van der Waals surface area contributed by atoms with Crippen LogP contribution in [-0.2, 0) is 0 Å². The third kappa shape index (κ3) is 4.46. The molecule has 0 amide bonds. The molecule has 0 fully saturated rings. The molecule has 0 radical (unpaired) electrons. The van der Waals surface area contributed by atoms with Crippen LogP contribution >= 0.6 is 12.2 Å². The summed E-state index contributed by atoms with van der Waals surface area (Å²) in [5.74, 6) is 0. The molecule has 0 unspecified atom stereocenters. The van der Waals surface area contributed by atoms with Gasteiger partial charge >= 0.3 is 0 Å². The van der Waals surface area contributed by atoms with Crippen molar-refractivity contribution in [1.82, 2.24) is 10.2 Å². The first-order valence-corrected chi connectivity index (χ1v) is 5.36. The van der Waals surface area contributed by atoms with Crippen LogP contribution in [0.15, 0.2) is 0 Å². The standard InChI is InChI=1S/C10H22N2S/c1-7(2)11-10(13)12(8(3)4)9(5)6/h7-9H,1-6H3,(H,11,13). The van der Waals surface area contributed by atoms with Gasteiger partial charge in [0, 0.05) is 18.1 Å². The van der Waals surface area contributed by atoms with Crippen LogP contribution < -0.4 is 5.32 Å². The van der Waals surface area contributed by atoms with Gasteiger partial charge in [-0.25, -0.2) is 0 Å². The van der Waals surface area contributed by atoms with Crippen molar-refractivity contribution >= 4 is 17.3 Å². The van der Waals surface area contributed by atoms with Crippen LogP contribution in [0.1, 0.15) is 41.5 Å². The van der Waals surface area contributed by atoms with Crippen LogP contribution in [-0.4, -0.2) is 28.1 Å². The SMILES string of the molecule is CC(C)NC(=S)N(C(C)C)C(C)C. The average molecular weight is 202 g/mol. The fraction of sp³-hybridized carbons (Fsp3) is 0.900. The normalized spacial score (nSPS) is 11.2. The Balaban J connectivity index is 4.29. The maximum Gasteiger partial charge on any atom is 0.169 e. The molecule has 0 aromatic rings. The molecule has 0 atom stereocenters. The Hall–Kier alpha value is -0.310. The van der Waals surface area contributed by atoms with Crippen molar-refractivity contribution in [3.8, 4) is 0 Å². The molecule has 0 rings (SSSR count). The largest absolute Gasteiger partial charge is 0.360 e. The minimum absolute atomic E-state index is 0.410. The topological polar surface area (TPSA) is 15.3 Å². The Morgan fingerprint density at radius 3 is 1.62 bits per heavy atom. The van der Waals surface area contributed by atoms with E-state index in [-0.39, 0.29) is 0 Å². The van der Waals surface area contributed by atoms with E-state index < -0.39 is 0 Å². The van der Waals surface area contributed by atoms with E-state index in [4.69, 9.17) is 12.2 Å². The number of hydrogen-bond acceptors (Lipinski definition) is 1. The van der Waals surface area contributed by atoms with E-state index in [1.807, 2.05) is 0 Å². The highest BCUT2D eigenvalue weighted by molar-refractivity contribution is 7.80. The van der Waals surface area contributed by atoms with Gasteiger partial charge in [-0.05, 0) is 53.8 Å². The van der Waals surface area contributed by atoms with Gasteiger partial charge in [0.1, 0.15) is 0 Å². The van der Waals surface area contributed by atoms with Gasteiger partial charge in [0.15, 0.2) is 5.11 Å². The lowest BCUT2D eigenvalue weighted by atomic mass is 10.2. The third-order valence-electron chi connectivity index (χ3n) is 1.76. The molecule has 0 aromatic carbocycles. The van der Waals surface area contributed by atoms with Gasteiger partial charge in [-0.3, -0.25) is 0 Å². The van der Waals surface area contributed by atoms with Gasteiger partial charge in [0.05, 0.1) is 0 Å². The second-order valence-corrected chi connectivity index (χ2v) is 4.59. The molecule has 2 nitrogen and oxygen atoms in total. The van der Waals surface area contributed by atoms with Crippen LogP contribution in [0, 0.1) is 0 Å². The summed E-state index contributed by atoms with van der Waals surface area (Å²) in [6, 6.07) is 1.32. The van der Waals surface area contributed by atoms with Crippen molar-refractivity contribution in [3.05, 3.63) is 0 Å². The van der Waals surface area contributed by atoms with Gasteiger partial charge in [-0.2, -0.15) is 0 Å². The van der Waals surface area contributed by atoms with Gasteiger partial charge in [-0.1, -0.05) is 0 Å². The summed E-state index contributed by atoms with van der Waals surface area (Å²) in [5.41, 5.74) is 0. The number of nitrogens with one attached hydrogen (secondary N) is 1. The average Bonchev–Trinajstić information content (AvgIpc) is 1.81. The second kappa shape index (κ2) is 5.43. The summed E-state index contributed by atoms with van der Waals surface area (Å²) < 4.78 is 0. The summed E-state index contributed by atoms with van der Waals surface area (Å²) in [7, 11) is 0. The lowest BCUT2D eigenvalue weighted by molar-refractivity contribution is 0.286. The number of hydrogen-bond donors (Lipinski definition) is 1. The maximum atomic E-state index is 5.32. The molecule has 0 aliphatic heterocycles. The van der Waals surface area contributed by atoms with E-state index in [0.29, 0.717) is 18.1 Å². The number of nitrogens with zero attached hydrogens (tertiary/aromatic N) is 1. The van der Waals surface area contributed by atoms with Crippen LogP contribution in [0.5, 0.6) is 0 Å². The summed E-state index contributed by atoms with van der Waals surface area (Å²) in [6.07, 6.45) is 0. The van der Waals surface area contributed by atoms with Crippen molar-refractivity contribution in [2.75, 3.05) is 0 Å². The van der Waals surface area contributed by atoms with Crippen molar-refractivity contribution in [1.29, 1.82) is 0 Å². The van der Waals surface area contributed by atoms with E-state index in [2.05, 4.69) is 51.8 Å². The monoisotopic (exact) mass is 202 g/mol. The van der Waals surface area contributed by atoms with Crippen LogP contribution in [0.3, 0.4) is 0 Å². The van der Waals surface area contributed by atoms with Crippen molar-refractivity contribution in [2.24, 2.45) is 0 Å². The summed E-state index contributed by atoms with van der Waals surface area (Å²) in [5, 5.41) is 4.12. The van der Waals surface area contributed by atoms with E-state index in [1.165, 1.54) is 0 Å². The van der Waals surface area contributed by atoms with Crippen molar-refractivity contribution < 1.29 is 0 Å². The zero-order valence-corrected chi connectivity index (χ0v) is 10.4. The van der Waals surface area contributed by atoms with Crippen LogP contribution in [0.4, 0.5) is 0 Å². The van der Waals surface area contributed by atoms with E-state index in [0.717, 1.165) is 5.11 Å². The molecule has 0 heterocycles. The lowest BCUT2D eigenvalue weighted by Gasteiger charge is -2.34. The molecule has 0 aliphatic rings. The predicted octanol–water partition coefficient (Wildman–Crippen LogP) is 2.39. The first-order valence-electron chi connectivity index (χ1n) is 4.95. The molecule has 0 saturated carbocycles. The molecular weight excluding hydrogens is 180 g/mol. The lowest BCUT2D eigenvalue weighted by Crippen LogP contribution is -2.49. The van der Waals surface area contributed by atoms with Crippen LogP contribution in [0.25, 0.3) is 0 Å². The van der Waals surface area contributed by atoms with E-state index in [1.54, 1.807) is 0 Å². The number of rotatable bonds is 3. The first-order chi connectivity index (χ1) is 5.86.